The summed E-state index contributed by atoms with van der Waals surface area (Å²) in [5.41, 5.74) is 0.918. The van der Waals surface area contributed by atoms with Crippen molar-refractivity contribution in [1.82, 2.24) is 10.6 Å². The summed E-state index contributed by atoms with van der Waals surface area (Å²) >= 11 is 0. The number of benzene rings is 2. The van der Waals surface area contributed by atoms with Crippen molar-refractivity contribution in [3.8, 4) is 5.75 Å². The summed E-state index contributed by atoms with van der Waals surface area (Å²) in [6.07, 6.45) is 8.44. The minimum absolute atomic E-state index is 0.149. The molecule has 2 aromatic rings. The molecule has 264 valence electrons. The van der Waals surface area contributed by atoms with Gasteiger partial charge in [0.1, 0.15) is 30.6 Å². The zero-order valence-corrected chi connectivity index (χ0v) is 28.8. The van der Waals surface area contributed by atoms with E-state index < -0.39 is 41.3 Å². The van der Waals surface area contributed by atoms with E-state index in [-0.39, 0.29) is 38.6 Å². The van der Waals surface area contributed by atoms with E-state index >= 15 is 0 Å². The molecule has 3 atom stereocenters. The zero-order chi connectivity index (χ0) is 35.3. The smallest absolute Gasteiger partial charge is 0.408 e. The standard InChI is InChI=1S/C38H48N2O9/c1-37(2,3)49-36(44)39-31(20-18-27-12-7-5-8-13-27)34(42)40-38(35(43)45-4)25-32(38)47-23-22-46-30-17-11-16-28(24-30)19-21-33(41)48-26-29-14-9-6-10-15-29/h5-7,9-12,14-17,24,31-32H,8,13,18-23,25-26H2,1-4H3,(H,39,44)(H,40,42)/t31-,32?,38?/m0/s1. The largest absolute Gasteiger partial charge is 0.491 e. The molecule has 2 unspecified atom stereocenters. The van der Waals surface area contributed by atoms with Gasteiger partial charge in [-0.2, -0.15) is 0 Å². The summed E-state index contributed by atoms with van der Waals surface area (Å²) < 4.78 is 27.6. The lowest BCUT2D eigenvalue weighted by Crippen LogP contribution is -2.55. The van der Waals surface area contributed by atoms with Crippen molar-refractivity contribution in [2.24, 2.45) is 0 Å². The molecule has 2 aliphatic carbocycles. The highest BCUT2D eigenvalue weighted by atomic mass is 16.6. The Labute approximate surface area is 288 Å². The Morgan fingerprint density at radius 2 is 1.76 bits per heavy atom. The number of esters is 2. The van der Waals surface area contributed by atoms with Gasteiger partial charge in [-0.25, -0.2) is 9.59 Å². The highest BCUT2D eigenvalue weighted by Crippen LogP contribution is 2.40. The third-order valence-corrected chi connectivity index (χ3v) is 8.08. The molecule has 4 rings (SSSR count). The minimum Gasteiger partial charge on any atom is -0.491 e. The fourth-order valence-corrected chi connectivity index (χ4v) is 5.43. The Hall–Kier alpha value is -4.64. The second-order valence-corrected chi connectivity index (χ2v) is 13.2. The van der Waals surface area contributed by atoms with Crippen LogP contribution in [0, 0.1) is 0 Å². The number of carbonyl (C=O) groups excluding carboxylic acids is 4. The number of methoxy groups -OCH3 is 1. The van der Waals surface area contributed by atoms with E-state index in [0.717, 1.165) is 24.0 Å². The molecule has 0 bridgehead atoms. The molecule has 2 aliphatic rings. The van der Waals surface area contributed by atoms with Gasteiger partial charge in [-0.1, -0.05) is 66.3 Å². The molecule has 1 fully saturated rings. The van der Waals surface area contributed by atoms with Crippen molar-refractivity contribution in [3.63, 3.8) is 0 Å². The number of ether oxygens (including phenoxy) is 5. The van der Waals surface area contributed by atoms with Crippen molar-refractivity contribution in [2.75, 3.05) is 20.3 Å². The summed E-state index contributed by atoms with van der Waals surface area (Å²) in [4.78, 5) is 51.3. The van der Waals surface area contributed by atoms with Crippen LogP contribution < -0.4 is 15.4 Å². The molecule has 1 saturated carbocycles. The zero-order valence-electron chi connectivity index (χ0n) is 28.8. The van der Waals surface area contributed by atoms with Crippen molar-refractivity contribution in [1.29, 1.82) is 0 Å². The van der Waals surface area contributed by atoms with Crippen LogP contribution in [0.2, 0.25) is 0 Å². The fraction of sp³-hybridized carbons (Fsp3) is 0.474. The molecular weight excluding hydrogens is 628 g/mol. The highest BCUT2D eigenvalue weighted by molar-refractivity contribution is 5.94. The molecule has 11 heteroatoms. The first kappa shape index (κ1) is 37.2. The molecule has 0 aliphatic heterocycles. The van der Waals surface area contributed by atoms with E-state index in [1.165, 1.54) is 12.7 Å². The second-order valence-electron chi connectivity index (χ2n) is 13.2. The second kappa shape index (κ2) is 17.7. The van der Waals surface area contributed by atoms with Crippen molar-refractivity contribution in [3.05, 3.63) is 89.5 Å². The molecule has 2 aromatic carbocycles. The lowest BCUT2D eigenvalue weighted by molar-refractivity contribution is -0.148. The van der Waals surface area contributed by atoms with Gasteiger partial charge in [0.05, 0.1) is 19.8 Å². The third kappa shape index (κ3) is 12.1. The van der Waals surface area contributed by atoms with Crippen LogP contribution in [0.15, 0.2) is 78.4 Å². The normalized spacial score (nSPS) is 18.8. The van der Waals surface area contributed by atoms with Gasteiger partial charge in [0.15, 0.2) is 5.54 Å². The SMILES string of the molecule is COC(=O)C1(NC(=O)[C@H](CCC2=CC=CCC2)NC(=O)OC(C)(C)C)CC1OCCOc1cccc(CCC(=O)OCc2ccccc2)c1. The van der Waals surface area contributed by atoms with Gasteiger partial charge in [-0.3, -0.25) is 9.59 Å². The maximum absolute atomic E-state index is 13.6. The van der Waals surface area contributed by atoms with Crippen LogP contribution in [0.1, 0.15) is 70.4 Å². The van der Waals surface area contributed by atoms with Crippen molar-refractivity contribution < 1.29 is 42.9 Å². The van der Waals surface area contributed by atoms with Crippen LogP contribution in [0.4, 0.5) is 4.79 Å². The van der Waals surface area contributed by atoms with Gasteiger partial charge in [0, 0.05) is 12.8 Å². The Bertz CT molecular complexity index is 1500. The van der Waals surface area contributed by atoms with Crippen LogP contribution in [0.3, 0.4) is 0 Å². The first-order valence-corrected chi connectivity index (χ1v) is 16.7. The lowest BCUT2D eigenvalue weighted by Gasteiger charge is -2.25. The predicted molar refractivity (Wildman–Crippen MR) is 183 cm³/mol. The topological polar surface area (TPSA) is 138 Å². The van der Waals surface area contributed by atoms with Crippen molar-refractivity contribution in [2.45, 2.75) is 95.6 Å². The van der Waals surface area contributed by atoms with E-state index in [0.29, 0.717) is 25.0 Å². The molecule has 11 nitrogen and oxygen atoms in total. The maximum Gasteiger partial charge on any atom is 0.408 e. The molecular formula is C38H48N2O9. The molecule has 0 spiro atoms. The number of aryl methyl sites for hydroxylation is 1. The van der Waals surface area contributed by atoms with Crippen LogP contribution in [0.5, 0.6) is 5.75 Å². The van der Waals surface area contributed by atoms with Gasteiger partial charge >= 0.3 is 18.0 Å². The van der Waals surface area contributed by atoms with Crippen LogP contribution in [-0.2, 0) is 46.4 Å². The molecule has 0 saturated heterocycles. The summed E-state index contributed by atoms with van der Waals surface area (Å²) in [5, 5.41) is 5.49. The number of alkyl carbamates (subject to hydrolysis) is 1. The number of hydrogen-bond donors (Lipinski definition) is 2. The van der Waals surface area contributed by atoms with Crippen LogP contribution >= 0.6 is 0 Å². The monoisotopic (exact) mass is 676 g/mol. The maximum atomic E-state index is 13.6. The molecule has 2 N–H and O–H groups in total. The van der Waals surface area contributed by atoms with Crippen LogP contribution in [0.25, 0.3) is 0 Å². The van der Waals surface area contributed by atoms with Crippen LogP contribution in [-0.4, -0.2) is 67.5 Å². The van der Waals surface area contributed by atoms with Gasteiger partial charge in [-0.15, -0.1) is 0 Å². The van der Waals surface area contributed by atoms with E-state index in [4.69, 9.17) is 23.7 Å². The van der Waals surface area contributed by atoms with E-state index in [1.807, 2.05) is 66.7 Å². The number of hydrogen-bond acceptors (Lipinski definition) is 9. The summed E-state index contributed by atoms with van der Waals surface area (Å²) in [7, 11) is 1.25. The van der Waals surface area contributed by atoms with E-state index in [2.05, 4.69) is 16.7 Å². The highest BCUT2D eigenvalue weighted by Gasteiger charge is 2.64. The van der Waals surface area contributed by atoms with Gasteiger partial charge < -0.3 is 34.3 Å². The predicted octanol–water partition coefficient (Wildman–Crippen LogP) is 5.51. The quantitative estimate of drug-likeness (QED) is 0.126. The molecule has 0 heterocycles. The average Bonchev–Trinajstić information content (AvgIpc) is 3.79. The van der Waals surface area contributed by atoms with Crippen molar-refractivity contribution >= 4 is 23.9 Å². The number of amides is 2. The number of carbonyl (C=O) groups is 4. The first-order chi connectivity index (χ1) is 23.5. The van der Waals surface area contributed by atoms with E-state index in [9.17, 15) is 19.2 Å². The Balaban J connectivity index is 1.26. The average molecular weight is 677 g/mol. The third-order valence-electron chi connectivity index (χ3n) is 8.08. The molecule has 0 aromatic heterocycles. The summed E-state index contributed by atoms with van der Waals surface area (Å²) in [6, 6.07) is 16.0. The Kier molecular flexibility index (Phi) is 13.4. The molecule has 0 radical (unpaired) electrons. The fourth-order valence-electron chi connectivity index (χ4n) is 5.43. The Morgan fingerprint density at radius 3 is 2.47 bits per heavy atom. The number of allylic oxidation sites excluding steroid dienone is 4. The van der Waals surface area contributed by atoms with E-state index in [1.54, 1.807) is 20.8 Å². The summed E-state index contributed by atoms with van der Waals surface area (Å²) in [6.45, 7) is 5.81. The van der Waals surface area contributed by atoms with Gasteiger partial charge in [0.2, 0.25) is 5.91 Å². The number of rotatable bonds is 17. The molecule has 2 amide bonds. The van der Waals surface area contributed by atoms with Gasteiger partial charge in [0.25, 0.3) is 0 Å². The van der Waals surface area contributed by atoms with Gasteiger partial charge in [-0.05, 0) is 76.1 Å². The lowest BCUT2D eigenvalue weighted by atomic mass is 9.97. The summed E-state index contributed by atoms with van der Waals surface area (Å²) in [5.74, 6) is -0.814. The number of nitrogens with one attached hydrogen (secondary N) is 2. The molecule has 49 heavy (non-hydrogen) atoms. The Morgan fingerprint density at radius 1 is 0.980 bits per heavy atom. The minimum atomic E-state index is -1.37. The first-order valence-electron chi connectivity index (χ1n) is 16.7.